The molecule has 1 aliphatic rings. The maximum absolute atomic E-state index is 11.6. The Bertz CT molecular complexity index is 424. The lowest BCUT2D eigenvalue weighted by molar-refractivity contribution is 0.591. The van der Waals surface area contributed by atoms with Gasteiger partial charge in [-0.15, -0.1) is 11.3 Å². The molecule has 1 aliphatic heterocycles. The molecule has 2 N–H and O–H groups in total. The van der Waals surface area contributed by atoms with Crippen molar-refractivity contribution in [3.05, 3.63) is 16.1 Å². The number of nitrogens with zero attached hydrogens (tertiary/aromatic N) is 1. The molecule has 0 saturated carbocycles. The van der Waals surface area contributed by atoms with E-state index in [1.54, 1.807) is 0 Å². The summed E-state index contributed by atoms with van der Waals surface area (Å²) in [6.07, 6.45) is 1.46. The molecule has 6 heteroatoms. The van der Waals surface area contributed by atoms with E-state index in [0.29, 0.717) is 24.4 Å². The van der Waals surface area contributed by atoms with E-state index in [1.807, 2.05) is 5.38 Å². The zero-order valence-corrected chi connectivity index (χ0v) is 9.27. The summed E-state index contributed by atoms with van der Waals surface area (Å²) < 4.78 is 23.2. The smallest absolute Gasteiger partial charge is 0.158 e. The number of sulfone groups is 1. The van der Waals surface area contributed by atoms with Crippen molar-refractivity contribution in [3.63, 3.8) is 0 Å². The van der Waals surface area contributed by atoms with Gasteiger partial charge in [0.2, 0.25) is 0 Å². The van der Waals surface area contributed by atoms with Crippen LogP contribution in [0.2, 0.25) is 0 Å². The van der Waals surface area contributed by atoms with E-state index in [-0.39, 0.29) is 5.25 Å². The Labute approximate surface area is 87.1 Å². The van der Waals surface area contributed by atoms with Gasteiger partial charge in [-0.2, -0.15) is 0 Å². The molecule has 0 spiro atoms. The van der Waals surface area contributed by atoms with Crippen LogP contribution in [0.5, 0.6) is 0 Å². The molecule has 1 aromatic rings. The van der Waals surface area contributed by atoms with Crippen LogP contribution in [0.4, 0.5) is 0 Å². The minimum atomic E-state index is -2.93. The lowest BCUT2D eigenvalue weighted by Gasteiger charge is -2.04. The molecule has 78 valence electrons. The Morgan fingerprint density at radius 1 is 1.64 bits per heavy atom. The van der Waals surface area contributed by atoms with Gasteiger partial charge in [-0.1, -0.05) is 0 Å². The van der Waals surface area contributed by atoms with Crippen LogP contribution >= 0.6 is 11.3 Å². The molecular formula is C8H12N2O2S2. The van der Waals surface area contributed by atoms with Gasteiger partial charge >= 0.3 is 0 Å². The van der Waals surface area contributed by atoms with Gasteiger partial charge in [0.15, 0.2) is 9.84 Å². The van der Waals surface area contributed by atoms with E-state index in [2.05, 4.69) is 4.98 Å². The SMILES string of the molecule is NCc1nc(C2CCCS2(=O)=O)cs1. The van der Waals surface area contributed by atoms with Gasteiger partial charge < -0.3 is 5.73 Å². The van der Waals surface area contributed by atoms with Gasteiger partial charge in [0, 0.05) is 11.9 Å². The van der Waals surface area contributed by atoms with Crippen LogP contribution in [-0.2, 0) is 16.4 Å². The number of rotatable bonds is 2. The second-order valence-corrected chi connectivity index (χ2v) is 6.61. The zero-order chi connectivity index (χ0) is 10.2. The summed E-state index contributed by atoms with van der Waals surface area (Å²) in [5.41, 5.74) is 6.12. The van der Waals surface area contributed by atoms with Crippen molar-refractivity contribution >= 4 is 21.2 Å². The van der Waals surface area contributed by atoms with Crippen LogP contribution in [0, 0.1) is 0 Å². The highest BCUT2D eigenvalue weighted by Crippen LogP contribution is 2.34. The molecular weight excluding hydrogens is 220 g/mol. The summed E-state index contributed by atoms with van der Waals surface area (Å²) in [4.78, 5) is 4.22. The normalized spacial score (nSPS) is 25.4. The summed E-state index contributed by atoms with van der Waals surface area (Å²) >= 11 is 1.44. The number of aromatic nitrogens is 1. The van der Waals surface area contributed by atoms with Crippen molar-refractivity contribution in [2.75, 3.05) is 5.75 Å². The zero-order valence-electron chi connectivity index (χ0n) is 7.64. The summed E-state index contributed by atoms with van der Waals surface area (Å²) in [6.45, 7) is 0.386. The van der Waals surface area contributed by atoms with Crippen LogP contribution in [0.1, 0.15) is 28.8 Å². The first-order valence-electron chi connectivity index (χ1n) is 4.49. The highest BCUT2D eigenvalue weighted by atomic mass is 32.2. The van der Waals surface area contributed by atoms with Crippen molar-refractivity contribution < 1.29 is 8.42 Å². The van der Waals surface area contributed by atoms with Crippen molar-refractivity contribution in [3.8, 4) is 0 Å². The maximum Gasteiger partial charge on any atom is 0.158 e. The molecule has 1 fully saturated rings. The van der Waals surface area contributed by atoms with Crippen molar-refractivity contribution in [2.45, 2.75) is 24.6 Å². The van der Waals surface area contributed by atoms with E-state index in [0.717, 1.165) is 11.4 Å². The van der Waals surface area contributed by atoms with Gasteiger partial charge in [0.1, 0.15) is 10.3 Å². The number of thiazole rings is 1. The largest absolute Gasteiger partial charge is 0.325 e. The van der Waals surface area contributed by atoms with Gasteiger partial charge in [-0.3, -0.25) is 0 Å². The lowest BCUT2D eigenvalue weighted by Crippen LogP contribution is -2.08. The Morgan fingerprint density at radius 2 is 2.43 bits per heavy atom. The average molecular weight is 232 g/mol. The quantitative estimate of drug-likeness (QED) is 0.820. The topological polar surface area (TPSA) is 73.0 Å². The molecule has 14 heavy (non-hydrogen) atoms. The van der Waals surface area contributed by atoms with Crippen LogP contribution < -0.4 is 5.73 Å². The first-order chi connectivity index (χ1) is 6.63. The van der Waals surface area contributed by atoms with Crippen LogP contribution in [0.25, 0.3) is 0 Å². The van der Waals surface area contributed by atoms with Crippen LogP contribution in [0.3, 0.4) is 0 Å². The van der Waals surface area contributed by atoms with Crippen molar-refractivity contribution in [2.24, 2.45) is 5.73 Å². The number of hydrogen-bond donors (Lipinski definition) is 1. The van der Waals surface area contributed by atoms with Gasteiger partial charge in [-0.25, -0.2) is 13.4 Å². The van der Waals surface area contributed by atoms with E-state index in [4.69, 9.17) is 5.73 Å². The Balaban J connectivity index is 2.31. The summed E-state index contributed by atoms with van der Waals surface area (Å²) in [7, 11) is -2.93. The van der Waals surface area contributed by atoms with Gasteiger partial charge in [-0.05, 0) is 12.8 Å². The van der Waals surface area contributed by atoms with E-state index >= 15 is 0 Å². The van der Waals surface area contributed by atoms with E-state index < -0.39 is 9.84 Å². The molecule has 4 nitrogen and oxygen atoms in total. The average Bonchev–Trinajstić information content (AvgIpc) is 2.70. The third kappa shape index (κ3) is 1.69. The van der Waals surface area contributed by atoms with Gasteiger partial charge in [0.25, 0.3) is 0 Å². The minimum Gasteiger partial charge on any atom is -0.325 e. The second-order valence-electron chi connectivity index (χ2n) is 3.37. The fraction of sp³-hybridized carbons (Fsp3) is 0.625. The summed E-state index contributed by atoms with van der Waals surface area (Å²) in [5.74, 6) is 0.299. The Morgan fingerprint density at radius 3 is 2.93 bits per heavy atom. The molecule has 0 radical (unpaired) electrons. The van der Waals surface area contributed by atoms with Crippen LogP contribution in [0.15, 0.2) is 5.38 Å². The predicted octanol–water partition coefficient (Wildman–Crippen LogP) is 0.852. The Kier molecular flexibility index (Phi) is 2.59. The molecule has 2 rings (SSSR count). The molecule has 0 aliphatic carbocycles. The first kappa shape index (κ1) is 10.1. The number of hydrogen-bond acceptors (Lipinski definition) is 5. The highest BCUT2D eigenvalue weighted by molar-refractivity contribution is 7.91. The second kappa shape index (κ2) is 3.60. The van der Waals surface area contributed by atoms with Gasteiger partial charge in [0.05, 0.1) is 11.4 Å². The fourth-order valence-corrected chi connectivity index (χ4v) is 4.37. The van der Waals surface area contributed by atoms with E-state index in [9.17, 15) is 8.42 Å². The lowest BCUT2D eigenvalue weighted by atomic mass is 10.2. The molecule has 1 unspecified atom stereocenters. The predicted molar refractivity (Wildman–Crippen MR) is 55.8 cm³/mol. The first-order valence-corrected chi connectivity index (χ1v) is 7.09. The van der Waals surface area contributed by atoms with Crippen LogP contribution in [-0.4, -0.2) is 19.2 Å². The Hall–Kier alpha value is -0.460. The number of nitrogens with two attached hydrogens (primary N) is 1. The maximum atomic E-state index is 11.6. The molecule has 0 amide bonds. The molecule has 1 atom stereocenters. The molecule has 1 aromatic heterocycles. The third-order valence-electron chi connectivity index (χ3n) is 2.40. The fourth-order valence-electron chi connectivity index (χ4n) is 1.69. The van der Waals surface area contributed by atoms with Crippen molar-refractivity contribution in [1.82, 2.24) is 4.98 Å². The van der Waals surface area contributed by atoms with Crippen molar-refractivity contribution in [1.29, 1.82) is 0 Å². The van der Waals surface area contributed by atoms with E-state index in [1.165, 1.54) is 11.3 Å². The molecule has 0 bridgehead atoms. The minimum absolute atomic E-state index is 0.299. The monoisotopic (exact) mass is 232 g/mol. The molecule has 0 aromatic carbocycles. The summed E-state index contributed by atoms with van der Waals surface area (Å²) in [5, 5.41) is 2.25. The third-order valence-corrected chi connectivity index (χ3v) is 5.49. The molecule has 1 saturated heterocycles. The highest BCUT2D eigenvalue weighted by Gasteiger charge is 2.34. The molecule has 2 heterocycles. The summed E-state index contributed by atoms with van der Waals surface area (Å²) in [6, 6.07) is 0. The standard InChI is InChI=1S/C8H12N2O2S2/c9-4-8-10-6(5-13-8)7-2-1-3-14(7,11)12/h5,7H,1-4,9H2.